The summed E-state index contributed by atoms with van der Waals surface area (Å²) in [5, 5.41) is 22.4. The third-order valence-corrected chi connectivity index (χ3v) is 8.69. The molecular formula is C29H30F3N5O3. The zero-order valence-corrected chi connectivity index (χ0v) is 22.3. The van der Waals surface area contributed by atoms with E-state index in [2.05, 4.69) is 21.3 Å². The molecule has 1 saturated heterocycles. The number of hydrogen-bond acceptors (Lipinski definition) is 6. The minimum absolute atomic E-state index is 0.0221. The maximum absolute atomic E-state index is 14.2. The maximum Gasteiger partial charge on any atom is 0.418 e. The number of amides is 1. The van der Waals surface area contributed by atoms with Crippen LogP contribution in [0, 0.1) is 18.3 Å². The molecule has 210 valence electrons. The van der Waals surface area contributed by atoms with E-state index >= 15 is 0 Å². The number of rotatable bonds is 5. The topological polar surface area (TPSA) is 103 Å². The molecule has 1 spiro atoms. The fourth-order valence-electron chi connectivity index (χ4n) is 6.64. The lowest BCUT2D eigenvalue weighted by atomic mass is 9.73. The highest BCUT2D eigenvalue weighted by Gasteiger charge is 2.48. The van der Waals surface area contributed by atoms with E-state index in [0.29, 0.717) is 56.7 Å². The summed E-state index contributed by atoms with van der Waals surface area (Å²) in [5.41, 5.74) is 0.0165. The predicted octanol–water partition coefficient (Wildman–Crippen LogP) is 4.69. The van der Waals surface area contributed by atoms with Crippen LogP contribution in [0.25, 0.3) is 11.0 Å². The number of anilines is 1. The highest BCUT2D eigenvalue weighted by atomic mass is 19.4. The third-order valence-electron chi connectivity index (χ3n) is 8.69. The number of carbonyl (C=O) groups excluding carboxylic acids is 1. The fourth-order valence-corrected chi connectivity index (χ4v) is 6.64. The second-order valence-corrected chi connectivity index (χ2v) is 11.5. The van der Waals surface area contributed by atoms with Gasteiger partial charge in [-0.05, 0) is 82.4 Å². The Morgan fingerprint density at radius 2 is 1.95 bits per heavy atom. The van der Waals surface area contributed by atoms with Gasteiger partial charge in [0.2, 0.25) is 5.91 Å². The number of nitrogens with zero attached hydrogens (tertiary/aromatic N) is 4. The Bertz CT molecular complexity index is 1540. The molecule has 1 aromatic heterocycles. The van der Waals surface area contributed by atoms with Crippen LogP contribution in [-0.2, 0) is 16.4 Å². The smallest absolute Gasteiger partial charge is 0.418 e. The van der Waals surface area contributed by atoms with Gasteiger partial charge in [-0.1, -0.05) is 0 Å². The van der Waals surface area contributed by atoms with E-state index in [4.69, 9.17) is 4.74 Å². The molecule has 1 aliphatic carbocycles. The molecule has 40 heavy (non-hydrogen) atoms. The minimum atomic E-state index is -4.60. The van der Waals surface area contributed by atoms with E-state index in [1.165, 1.54) is 0 Å². The Hall–Kier alpha value is -3.62. The van der Waals surface area contributed by atoms with Crippen molar-refractivity contribution in [3.8, 4) is 11.8 Å². The van der Waals surface area contributed by atoms with Crippen molar-refractivity contribution >= 4 is 22.6 Å². The van der Waals surface area contributed by atoms with Crippen LogP contribution in [0.4, 0.5) is 18.9 Å². The van der Waals surface area contributed by atoms with E-state index in [1.807, 2.05) is 0 Å². The highest BCUT2D eigenvalue weighted by molar-refractivity contribution is 6.06. The quantitative estimate of drug-likeness (QED) is 0.476. The van der Waals surface area contributed by atoms with Gasteiger partial charge in [0.15, 0.2) is 0 Å². The highest BCUT2D eigenvalue weighted by Crippen LogP contribution is 2.47. The third kappa shape index (κ3) is 4.39. The summed E-state index contributed by atoms with van der Waals surface area (Å²) in [6, 6.07) is 9.73. The van der Waals surface area contributed by atoms with E-state index in [-0.39, 0.29) is 35.3 Å². The number of benzene rings is 2. The summed E-state index contributed by atoms with van der Waals surface area (Å²) in [6.45, 7) is 5.28. The van der Waals surface area contributed by atoms with Gasteiger partial charge < -0.3 is 19.7 Å². The van der Waals surface area contributed by atoms with Crippen LogP contribution in [0.2, 0.25) is 0 Å². The standard InChI is InChI=1S/C29H30F3N5O3/c1-17-34-24-13-20(12-22(29(30,31)32)25(24)37(17)19-14-27(2,39)15-19)40-10-9-36-7-5-28(6-8-36)21-11-18(16-33)3-4-23(21)35-26(28)38/h3-4,11-13,19,39H,5-10,14-15H2,1-2H3,(H,35,38)/t19-,27+. The number of aromatic nitrogens is 2. The summed E-state index contributed by atoms with van der Waals surface area (Å²) in [5.74, 6) is 0.522. The predicted molar refractivity (Wildman–Crippen MR) is 141 cm³/mol. The first-order valence-electron chi connectivity index (χ1n) is 13.4. The van der Waals surface area contributed by atoms with E-state index in [0.717, 1.165) is 17.3 Å². The van der Waals surface area contributed by atoms with Gasteiger partial charge >= 0.3 is 6.18 Å². The lowest BCUT2D eigenvalue weighted by Crippen LogP contribution is -2.47. The molecule has 0 bridgehead atoms. The molecule has 2 fully saturated rings. The average molecular weight is 554 g/mol. The molecule has 11 heteroatoms. The number of halogens is 3. The van der Waals surface area contributed by atoms with Crippen molar-refractivity contribution in [3.63, 3.8) is 0 Å². The van der Waals surface area contributed by atoms with Gasteiger partial charge in [-0.2, -0.15) is 18.4 Å². The SMILES string of the molecule is Cc1nc2cc(OCCN3CCC4(CC3)C(=O)Nc3ccc(C#N)cc34)cc(C(F)(F)F)c2n1[C@H]1C[C@@](C)(O)C1. The number of aryl methyl sites for hydroxylation is 1. The minimum Gasteiger partial charge on any atom is -0.492 e. The van der Waals surface area contributed by atoms with Crippen molar-refractivity contribution in [2.45, 2.75) is 62.8 Å². The Labute approximate surface area is 229 Å². The monoisotopic (exact) mass is 553 g/mol. The first-order chi connectivity index (χ1) is 18.9. The molecule has 3 heterocycles. The lowest BCUT2D eigenvalue weighted by molar-refractivity contribution is -0.136. The average Bonchev–Trinajstić information content (AvgIpc) is 3.34. The first-order valence-corrected chi connectivity index (χ1v) is 13.4. The molecule has 3 aliphatic rings. The van der Waals surface area contributed by atoms with Crippen molar-refractivity contribution in [3.05, 3.63) is 52.8 Å². The Morgan fingerprint density at radius 1 is 1.23 bits per heavy atom. The number of alkyl halides is 3. The van der Waals surface area contributed by atoms with Crippen molar-refractivity contribution < 1.29 is 27.8 Å². The molecule has 2 aromatic carbocycles. The summed E-state index contributed by atoms with van der Waals surface area (Å²) >= 11 is 0. The normalized spacial score (nSPS) is 24.0. The number of aliphatic hydroxyl groups is 1. The Morgan fingerprint density at radius 3 is 2.60 bits per heavy atom. The number of likely N-dealkylation sites (tertiary alicyclic amines) is 1. The van der Waals surface area contributed by atoms with Crippen LogP contribution in [0.1, 0.15) is 61.2 Å². The Kier molecular flexibility index (Phi) is 6.12. The lowest BCUT2D eigenvalue weighted by Gasteiger charge is -2.42. The zero-order valence-electron chi connectivity index (χ0n) is 22.3. The van der Waals surface area contributed by atoms with Crippen LogP contribution >= 0.6 is 0 Å². The zero-order chi connectivity index (χ0) is 28.4. The van der Waals surface area contributed by atoms with Gasteiger partial charge in [0.1, 0.15) is 18.2 Å². The Balaban J connectivity index is 1.15. The van der Waals surface area contributed by atoms with Crippen molar-refractivity contribution in [2.75, 3.05) is 31.6 Å². The molecule has 6 rings (SSSR count). The van der Waals surface area contributed by atoms with Gasteiger partial charge in [0.25, 0.3) is 0 Å². The fraction of sp³-hybridized carbons (Fsp3) is 0.483. The molecule has 0 unspecified atom stereocenters. The van der Waals surface area contributed by atoms with E-state index in [1.54, 1.807) is 42.7 Å². The van der Waals surface area contributed by atoms with E-state index < -0.39 is 22.8 Å². The largest absolute Gasteiger partial charge is 0.492 e. The summed E-state index contributed by atoms with van der Waals surface area (Å²) in [4.78, 5) is 19.4. The van der Waals surface area contributed by atoms with Crippen LogP contribution in [0.3, 0.4) is 0 Å². The number of fused-ring (bicyclic) bond motifs is 3. The van der Waals surface area contributed by atoms with Gasteiger partial charge in [0, 0.05) is 24.3 Å². The molecule has 1 saturated carbocycles. The second-order valence-electron chi connectivity index (χ2n) is 11.5. The number of nitrogens with one attached hydrogen (secondary N) is 1. The number of imidazole rings is 1. The van der Waals surface area contributed by atoms with Crippen LogP contribution in [0.15, 0.2) is 30.3 Å². The van der Waals surface area contributed by atoms with Gasteiger partial charge in [-0.3, -0.25) is 9.69 Å². The molecule has 2 N–H and O–H groups in total. The van der Waals surface area contributed by atoms with Crippen molar-refractivity contribution in [1.82, 2.24) is 14.5 Å². The number of nitriles is 1. The molecule has 3 aromatic rings. The molecule has 8 nitrogen and oxygen atoms in total. The summed E-state index contributed by atoms with van der Waals surface area (Å²) in [6.07, 6.45) is -2.69. The van der Waals surface area contributed by atoms with Crippen molar-refractivity contribution in [1.29, 1.82) is 5.26 Å². The van der Waals surface area contributed by atoms with Crippen LogP contribution in [0.5, 0.6) is 5.75 Å². The molecular weight excluding hydrogens is 523 g/mol. The van der Waals surface area contributed by atoms with Gasteiger partial charge in [-0.25, -0.2) is 4.98 Å². The maximum atomic E-state index is 14.2. The molecule has 0 radical (unpaired) electrons. The number of piperidine rings is 1. The first kappa shape index (κ1) is 26.6. The number of carbonyl (C=O) groups is 1. The van der Waals surface area contributed by atoms with Crippen LogP contribution in [-0.4, -0.2) is 57.3 Å². The summed E-state index contributed by atoms with van der Waals surface area (Å²) in [7, 11) is 0. The second kappa shape index (κ2) is 9.21. The molecule has 2 aliphatic heterocycles. The number of hydrogen-bond donors (Lipinski definition) is 2. The van der Waals surface area contributed by atoms with Gasteiger partial charge in [0.05, 0.1) is 39.2 Å². The van der Waals surface area contributed by atoms with E-state index in [9.17, 15) is 28.3 Å². The number of ether oxygens (including phenoxy) is 1. The van der Waals surface area contributed by atoms with Crippen LogP contribution < -0.4 is 10.1 Å². The van der Waals surface area contributed by atoms with Gasteiger partial charge in [-0.15, -0.1) is 0 Å². The molecule has 1 amide bonds. The van der Waals surface area contributed by atoms with Crippen molar-refractivity contribution in [2.24, 2.45) is 0 Å². The summed E-state index contributed by atoms with van der Waals surface area (Å²) < 4.78 is 49.9. The molecule has 0 atom stereocenters.